The van der Waals surface area contributed by atoms with Crippen molar-refractivity contribution in [2.24, 2.45) is 0 Å². The van der Waals surface area contributed by atoms with Crippen molar-refractivity contribution in [3.05, 3.63) is 29.5 Å². The fourth-order valence-corrected chi connectivity index (χ4v) is 2.21. The number of carbonyl (C=O) groups is 3. The van der Waals surface area contributed by atoms with Gasteiger partial charge in [0.25, 0.3) is 0 Å². The van der Waals surface area contributed by atoms with E-state index in [9.17, 15) is 19.6 Å². The first-order chi connectivity index (χ1) is 13.0. The molecule has 0 aliphatic heterocycles. The molecule has 0 aliphatic rings. The van der Waals surface area contributed by atoms with Gasteiger partial charge in [-0.2, -0.15) is 0 Å². The van der Waals surface area contributed by atoms with Crippen molar-refractivity contribution >= 4 is 28.9 Å². The predicted octanol–water partition coefficient (Wildman–Crippen LogP) is -1.02. The summed E-state index contributed by atoms with van der Waals surface area (Å²) in [5.74, 6) is -5.02. The van der Waals surface area contributed by atoms with Crippen LogP contribution in [-0.4, -0.2) is 79.4 Å². The highest BCUT2D eigenvalue weighted by atomic mass is 16.5. The van der Waals surface area contributed by atoms with E-state index in [-0.39, 0.29) is 0 Å². The van der Waals surface area contributed by atoms with Crippen LogP contribution in [0.25, 0.3) is 11.0 Å². The Kier molecular flexibility index (Phi) is 7.83. The number of hydrogen-bond donors (Lipinski definition) is 4. The highest BCUT2D eigenvalue weighted by molar-refractivity contribution is 5.88. The number of aliphatic carboxylic acids is 3. The summed E-state index contributed by atoms with van der Waals surface area (Å²) in [4.78, 5) is 33.2. The molecule has 28 heavy (non-hydrogen) atoms. The molecule has 0 atom stereocenters. The van der Waals surface area contributed by atoms with Crippen LogP contribution in [0.4, 0.5) is 0 Å². The Hall–Kier alpha value is -3.25. The molecule has 1 heterocycles. The Morgan fingerprint density at radius 2 is 1.68 bits per heavy atom. The highest BCUT2D eigenvalue weighted by Crippen LogP contribution is 2.15. The number of carboxylic acid groups (broad SMARTS) is 3. The van der Waals surface area contributed by atoms with E-state index in [1.165, 1.54) is 0 Å². The predicted molar refractivity (Wildman–Crippen MR) is 94.3 cm³/mol. The standard InChI is InChI=1S/C10H14N4O.C6H8O7/c1-12(2)7-8-13-9-5-3-4-6-10(9)14(15)11-13;7-3(8)1-6(13,5(11)12)2-4(9)10/h3-6H,7-8H2,1-2H3;13H,1-2H2,(H,7,8)(H,9,10)(H,11,12). The molecule has 0 radical (unpaired) electrons. The molecule has 0 saturated heterocycles. The van der Waals surface area contributed by atoms with Gasteiger partial charge in [-0.25, -0.2) is 4.79 Å². The van der Waals surface area contributed by atoms with Crippen molar-refractivity contribution in [1.29, 1.82) is 0 Å². The molecular weight excluding hydrogens is 376 g/mol. The summed E-state index contributed by atoms with van der Waals surface area (Å²) in [7, 11) is 3.99. The third-order valence-corrected chi connectivity index (χ3v) is 3.60. The zero-order chi connectivity index (χ0) is 21.5. The van der Waals surface area contributed by atoms with Crippen LogP contribution in [0.15, 0.2) is 24.3 Å². The Balaban J connectivity index is 0.000000284. The quantitative estimate of drug-likeness (QED) is 0.317. The first-order valence-corrected chi connectivity index (χ1v) is 8.06. The highest BCUT2D eigenvalue weighted by Gasteiger charge is 2.40. The van der Waals surface area contributed by atoms with Crippen LogP contribution in [0.5, 0.6) is 0 Å². The van der Waals surface area contributed by atoms with E-state index in [0.717, 1.165) is 18.6 Å². The second-order valence-electron chi connectivity index (χ2n) is 6.26. The molecule has 1 aromatic carbocycles. The minimum absolute atomic E-state index is 0.622. The van der Waals surface area contributed by atoms with Crippen molar-refractivity contribution in [3.63, 3.8) is 0 Å². The lowest BCUT2D eigenvalue weighted by Crippen LogP contribution is -2.42. The van der Waals surface area contributed by atoms with E-state index >= 15 is 0 Å². The lowest BCUT2D eigenvalue weighted by Gasteiger charge is -2.18. The fraction of sp³-hybridized carbons (Fsp3) is 0.438. The molecular formula is C16H22N4O8. The maximum atomic E-state index is 11.4. The lowest BCUT2D eigenvalue weighted by atomic mass is 9.96. The van der Waals surface area contributed by atoms with E-state index < -0.39 is 36.4 Å². The van der Waals surface area contributed by atoms with Crippen LogP contribution in [0, 0.1) is 5.21 Å². The number of carboxylic acids is 3. The molecule has 0 spiro atoms. The minimum Gasteiger partial charge on any atom is -0.691 e. The van der Waals surface area contributed by atoms with Crippen LogP contribution in [0.3, 0.4) is 0 Å². The van der Waals surface area contributed by atoms with Gasteiger partial charge < -0.3 is 30.5 Å². The zero-order valence-corrected chi connectivity index (χ0v) is 15.3. The summed E-state index contributed by atoms with van der Waals surface area (Å²) in [6, 6.07) is 7.44. The van der Waals surface area contributed by atoms with Gasteiger partial charge in [0.05, 0.1) is 18.1 Å². The molecule has 0 fully saturated rings. The maximum absolute atomic E-state index is 11.4. The number of rotatable bonds is 8. The summed E-state index contributed by atoms with van der Waals surface area (Å²) in [6.07, 6.45) is -2.29. The molecule has 0 unspecified atom stereocenters. The van der Waals surface area contributed by atoms with Crippen molar-refractivity contribution in [2.75, 3.05) is 20.6 Å². The van der Waals surface area contributed by atoms with Gasteiger partial charge in [0.15, 0.2) is 11.1 Å². The molecule has 0 amide bonds. The van der Waals surface area contributed by atoms with E-state index in [2.05, 4.69) is 10.1 Å². The molecule has 12 heteroatoms. The molecule has 12 nitrogen and oxygen atoms in total. The first kappa shape index (κ1) is 22.8. The Labute approximate surface area is 159 Å². The second-order valence-corrected chi connectivity index (χ2v) is 6.26. The lowest BCUT2D eigenvalue weighted by molar-refractivity contribution is -0.646. The van der Waals surface area contributed by atoms with Gasteiger partial charge in [0.2, 0.25) is 5.52 Å². The smallest absolute Gasteiger partial charge is 0.336 e. The summed E-state index contributed by atoms with van der Waals surface area (Å²) in [5, 5.41) is 49.1. The molecule has 2 aromatic rings. The first-order valence-electron chi connectivity index (χ1n) is 8.06. The number of hydrogen-bond acceptors (Lipinski definition) is 7. The van der Waals surface area contributed by atoms with Gasteiger partial charge in [-0.1, -0.05) is 12.1 Å². The summed E-state index contributed by atoms with van der Waals surface area (Å²) in [6.45, 7) is 1.59. The number of aliphatic hydroxyl groups is 1. The van der Waals surface area contributed by atoms with E-state index in [4.69, 9.17) is 20.4 Å². The summed E-state index contributed by atoms with van der Waals surface area (Å²) < 4.78 is 1.74. The normalized spacial score (nSPS) is 11.1. The van der Waals surface area contributed by atoms with Gasteiger partial charge in [0.1, 0.15) is 6.54 Å². The number of nitrogens with zero attached hydrogens (tertiary/aromatic N) is 4. The Morgan fingerprint density at radius 3 is 2.14 bits per heavy atom. The molecule has 0 saturated carbocycles. The Morgan fingerprint density at radius 1 is 1.14 bits per heavy atom. The van der Waals surface area contributed by atoms with E-state index in [0.29, 0.717) is 10.4 Å². The SMILES string of the molecule is CN(C)CCn1n[n+]([O-])c2ccccc21.O=C(O)CC(O)(CC(=O)O)C(=O)O. The topological polar surface area (TPSA) is 180 Å². The van der Waals surface area contributed by atoms with Crippen LogP contribution in [0.2, 0.25) is 0 Å². The molecule has 0 bridgehead atoms. The molecule has 154 valence electrons. The average molecular weight is 398 g/mol. The molecule has 1 aromatic heterocycles. The summed E-state index contributed by atoms with van der Waals surface area (Å²) >= 11 is 0. The van der Waals surface area contributed by atoms with Gasteiger partial charge in [-0.15, -0.1) is 9.53 Å². The van der Waals surface area contributed by atoms with Crippen molar-refractivity contribution in [1.82, 2.24) is 14.8 Å². The van der Waals surface area contributed by atoms with Crippen molar-refractivity contribution in [2.45, 2.75) is 25.0 Å². The largest absolute Gasteiger partial charge is 0.691 e. The van der Waals surface area contributed by atoms with Gasteiger partial charge in [-0.3, -0.25) is 9.59 Å². The monoisotopic (exact) mass is 398 g/mol. The van der Waals surface area contributed by atoms with E-state index in [1.54, 1.807) is 10.7 Å². The van der Waals surface area contributed by atoms with Crippen molar-refractivity contribution in [3.8, 4) is 0 Å². The average Bonchev–Trinajstić information content (AvgIpc) is 2.88. The number of para-hydroxylation sites is 2. The second kappa shape index (κ2) is 9.62. The number of likely N-dealkylation sites (N-methyl/N-ethyl adjacent to an activating group) is 1. The minimum atomic E-state index is -2.74. The number of fused-ring (bicyclic) bond motifs is 1. The summed E-state index contributed by atoms with van der Waals surface area (Å²) in [5.41, 5.74) is -1.23. The van der Waals surface area contributed by atoms with Gasteiger partial charge in [0, 0.05) is 6.54 Å². The van der Waals surface area contributed by atoms with Gasteiger partial charge in [-0.05, 0) is 26.2 Å². The van der Waals surface area contributed by atoms with Crippen LogP contribution in [0.1, 0.15) is 12.8 Å². The Bertz CT molecular complexity index is 832. The third kappa shape index (κ3) is 6.48. The fourth-order valence-electron chi connectivity index (χ4n) is 2.21. The van der Waals surface area contributed by atoms with E-state index in [1.807, 2.05) is 32.3 Å². The van der Waals surface area contributed by atoms with Crippen molar-refractivity contribution < 1.29 is 39.7 Å². The van der Waals surface area contributed by atoms with Crippen LogP contribution >= 0.6 is 0 Å². The van der Waals surface area contributed by atoms with Crippen LogP contribution < -0.4 is 4.85 Å². The number of aromatic nitrogens is 3. The van der Waals surface area contributed by atoms with Gasteiger partial charge >= 0.3 is 17.9 Å². The maximum Gasteiger partial charge on any atom is 0.336 e. The zero-order valence-electron chi connectivity index (χ0n) is 15.3. The number of benzene rings is 1. The van der Waals surface area contributed by atoms with Crippen LogP contribution in [-0.2, 0) is 20.9 Å². The molecule has 0 aliphatic carbocycles. The molecule has 2 rings (SSSR count). The molecule has 4 N–H and O–H groups in total. The third-order valence-electron chi connectivity index (χ3n) is 3.60.